The summed E-state index contributed by atoms with van der Waals surface area (Å²) in [7, 11) is 0. The first-order valence-electron chi connectivity index (χ1n) is 12.6. The molecule has 0 saturated heterocycles. The molecule has 15 heteroatoms. The predicted octanol–water partition coefficient (Wildman–Crippen LogP) is 7.02. The summed E-state index contributed by atoms with van der Waals surface area (Å²) in [4.78, 5) is 38.4. The van der Waals surface area contributed by atoms with Crippen LogP contribution >= 0.6 is 23.2 Å². The first-order chi connectivity index (χ1) is 20.8. The Labute approximate surface area is 256 Å². The molecule has 0 aliphatic carbocycles. The molecule has 5 rings (SSSR count). The van der Waals surface area contributed by atoms with Crippen molar-refractivity contribution in [3.63, 3.8) is 0 Å². The van der Waals surface area contributed by atoms with Gasteiger partial charge in [-0.3, -0.25) is 14.7 Å². The summed E-state index contributed by atoms with van der Waals surface area (Å²) in [5, 5.41) is 27.2. The number of carbonyl (C=O) groups is 3. The lowest BCUT2D eigenvalue weighted by Crippen LogP contribution is -2.21. The van der Waals surface area contributed by atoms with E-state index >= 15 is 0 Å². The molecule has 0 bridgehead atoms. The SMILES string of the molecule is CCC(=O)c1oc2nc(-c3ccc(-c4cn[nH]c4)cc3Cl)c(-c3ccc(Cl)cc3)cc2c1NC(=O)CO.O=C(O)C(F)(F)F. The number of anilines is 1. The van der Waals surface area contributed by atoms with E-state index in [0.29, 0.717) is 32.3 Å². The fraction of sp³-hybridized carbons (Fsp3) is 0.138. The van der Waals surface area contributed by atoms with E-state index < -0.39 is 24.7 Å². The molecule has 228 valence electrons. The zero-order valence-corrected chi connectivity index (χ0v) is 24.0. The quantitative estimate of drug-likeness (QED) is 0.137. The molecule has 10 nitrogen and oxygen atoms in total. The van der Waals surface area contributed by atoms with E-state index in [1.807, 2.05) is 30.3 Å². The molecule has 4 N–H and O–H groups in total. The van der Waals surface area contributed by atoms with Crippen LogP contribution in [0.2, 0.25) is 10.0 Å². The number of aliphatic hydroxyl groups is 1. The Morgan fingerprint density at radius 2 is 1.66 bits per heavy atom. The Hall–Kier alpha value is -4.72. The van der Waals surface area contributed by atoms with E-state index in [-0.39, 0.29) is 29.4 Å². The number of H-pyrrole nitrogens is 1. The van der Waals surface area contributed by atoms with Gasteiger partial charge in [-0.25, -0.2) is 9.78 Å². The number of furan rings is 1. The van der Waals surface area contributed by atoms with Gasteiger partial charge in [0.25, 0.3) is 0 Å². The number of fused-ring (bicyclic) bond motifs is 1. The lowest BCUT2D eigenvalue weighted by Gasteiger charge is -2.12. The van der Waals surface area contributed by atoms with Gasteiger partial charge in [-0.15, -0.1) is 0 Å². The molecule has 3 heterocycles. The zero-order chi connectivity index (χ0) is 32.2. The van der Waals surface area contributed by atoms with Crippen molar-refractivity contribution in [2.45, 2.75) is 19.5 Å². The summed E-state index contributed by atoms with van der Waals surface area (Å²) in [5.41, 5.74) is 4.69. The van der Waals surface area contributed by atoms with Gasteiger partial charge in [0, 0.05) is 34.3 Å². The number of carbonyl (C=O) groups excluding carboxylic acids is 2. The molecule has 2 aromatic carbocycles. The van der Waals surface area contributed by atoms with Gasteiger partial charge in [-0.2, -0.15) is 18.3 Å². The van der Waals surface area contributed by atoms with Gasteiger partial charge in [0.05, 0.1) is 22.3 Å². The number of aliphatic hydroxyl groups excluding tert-OH is 1. The van der Waals surface area contributed by atoms with Crippen LogP contribution in [-0.2, 0) is 9.59 Å². The van der Waals surface area contributed by atoms with Crippen molar-refractivity contribution in [2.24, 2.45) is 0 Å². The van der Waals surface area contributed by atoms with Crippen LogP contribution in [-0.4, -0.2) is 55.8 Å². The highest BCUT2D eigenvalue weighted by atomic mass is 35.5. The molecular weight excluding hydrogens is 628 g/mol. The number of aromatic amines is 1. The van der Waals surface area contributed by atoms with Crippen molar-refractivity contribution >= 4 is 57.6 Å². The second-order valence-corrected chi connectivity index (χ2v) is 9.86. The Morgan fingerprint density at radius 3 is 2.20 bits per heavy atom. The highest BCUT2D eigenvalue weighted by Gasteiger charge is 2.38. The van der Waals surface area contributed by atoms with Crippen molar-refractivity contribution in [1.82, 2.24) is 15.2 Å². The Kier molecular flexibility index (Phi) is 9.72. The molecule has 0 unspecified atom stereocenters. The van der Waals surface area contributed by atoms with Gasteiger partial charge < -0.3 is 19.9 Å². The fourth-order valence-electron chi connectivity index (χ4n) is 4.03. The summed E-state index contributed by atoms with van der Waals surface area (Å²) in [6.07, 6.45) is -1.46. The van der Waals surface area contributed by atoms with Gasteiger partial charge in [0.2, 0.25) is 11.6 Å². The summed E-state index contributed by atoms with van der Waals surface area (Å²) in [5.74, 6) is -3.79. The van der Waals surface area contributed by atoms with E-state index in [1.165, 1.54) is 0 Å². The first-order valence-corrected chi connectivity index (χ1v) is 13.4. The monoisotopic (exact) mass is 648 g/mol. The number of hydrogen-bond donors (Lipinski definition) is 4. The molecule has 3 aromatic heterocycles. The van der Waals surface area contributed by atoms with Gasteiger partial charge in [0.1, 0.15) is 12.3 Å². The summed E-state index contributed by atoms with van der Waals surface area (Å²) >= 11 is 12.9. The van der Waals surface area contributed by atoms with Crippen molar-refractivity contribution in [1.29, 1.82) is 0 Å². The van der Waals surface area contributed by atoms with Crippen LogP contribution in [0, 0.1) is 0 Å². The third kappa shape index (κ3) is 7.08. The van der Waals surface area contributed by atoms with Crippen LogP contribution in [0.25, 0.3) is 44.6 Å². The van der Waals surface area contributed by atoms with Crippen LogP contribution in [0.4, 0.5) is 18.9 Å². The number of Topliss-reactive ketones (excluding diaryl/α,β-unsaturated/α-hetero) is 1. The third-order valence-corrected chi connectivity index (χ3v) is 6.68. The topological polar surface area (TPSA) is 158 Å². The molecule has 5 aromatic rings. The number of rotatable bonds is 7. The summed E-state index contributed by atoms with van der Waals surface area (Å²) in [6, 6.07) is 14.6. The number of pyridine rings is 1. The average molecular weight is 649 g/mol. The molecule has 0 saturated carbocycles. The van der Waals surface area contributed by atoms with E-state index in [4.69, 9.17) is 42.5 Å². The lowest BCUT2D eigenvalue weighted by molar-refractivity contribution is -0.192. The molecular formula is C29H21Cl2F3N4O6. The predicted molar refractivity (Wildman–Crippen MR) is 157 cm³/mol. The highest BCUT2D eigenvalue weighted by molar-refractivity contribution is 6.34. The number of amides is 1. The smallest absolute Gasteiger partial charge is 0.475 e. The molecule has 0 aliphatic heterocycles. The number of carboxylic acid groups (broad SMARTS) is 1. The minimum absolute atomic E-state index is 0.0348. The molecule has 0 atom stereocenters. The highest BCUT2D eigenvalue weighted by Crippen LogP contribution is 2.41. The number of alkyl halides is 3. The number of halogens is 5. The normalized spacial score (nSPS) is 11.2. The van der Waals surface area contributed by atoms with Crippen LogP contribution in [0.1, 0.15) is 23.9 Å². The number of aliphatic carboxylic acids is 1. The second-order valence-electron chi connectivity index (χ2n) is 9.02. The van der Waals surface area contributed by atoms with Crippen molar-refractivity contribution in [3.8, 4) is 33.5 Å². The van der Waals surface area contributed by atoms with Gasteiger partial charge >= 0.3 is 12.1 Å². The fourth-order valence-corrected chi connectivity index (χ4v) is 4.43. The van der Waals surface area contributed by atoms with E-state index in [0.717, 1.165) is 16.7 Å². The first kappa shape index (κ1) is 32.2. The number of hydrogen-bond acceptors (Lipinski definition) is 7. The van der Waals surface area contributed by atoms with Crippen LogP contribution < -0.4 is 5.32 Å². The molecule has 0 fully saturated rings. The standard InChI is InChI=1S/C27H20Cl2N4O4.C2HF3O2/c1-2-22(35)26-25(32-23(36)13-34)20-10-19(14-3-6-17(28)7-4-14)24(33-27(20)37-26)18-8-5-15(9-21(18)29)16-11-30-31-12-16;3-2(4,5)1(6)7/h3-12,34H,2,13H2,1H3,(H,30,31)(H,32,36);(H,6,7). The molecule has 0 spiro atoms. The Balaban J connectivity index is 0.000000566. The molecule has 44 heavy (non-hydrogen) atoms. The van der Waals surface area contributed by atoms with Gasteiger partial charge in [0.15, 0.2) is 11.5 Å². The number of aromatic nitrogens is 3. The minimum Gasteiger partial charge on any atom is -0.475 e. The lowest BCUT2D eigenvalue weighted by atomic mass is 9.96. The largest absolute Gasteiger partial charge is 0.490 e. The zero-order valence-electron chi connectivity index (χ0n) is 22.5. The van der Waals surface area contributed by atoms with Crippen LogP contribution in [0.5, 0.6) is 0 Å². The molecule has 0 radical (unpaired) electrons. The van der Waals surface area contributed by atoms with Crippen LogP contribution in [0.15, 0.2) is 65.3 Å². The van der Waals surface area contributed by atoms with E-state index in [9.17, 15) is 27.9 Å². The minimum atomic E-state index is -5.08. The Morgan fingerprint density at radius 1 is 1.00 bits per heavy atom. The van der Waals surface area contributed by atoms with Crippen LogP contribution in [0.3, 0.4) is 0 Å². The maximum Gasteiger partial charge on any atom is 0.490 e. The Bertz CT molecular complexity index is 1840. The second kappa shape index (κ2) is 13.3. The number of ketones is 1. The van der Waals surface area contributed by atoms with Gasteiger partial charge in [-0.1, -0.05) is 54.4 Å². The van der Waals surface area contributed by atoms with Crippen molar-refractivity contribution < 1.29 is 42.2 Å². The van der Waals surface area contributed by atoms with E-state index in [2.05, 4.69) is 15.5 Å². The maximum atomic E-state index is 12.6. The average Bonchev–Trinajstić information content (AvgIpc) is 3.65. The van der Waals surface area contributed by atoms with Crippen molar-refractivity contribution in [3.05, 3.63) is 76.7 Å². The molecule has 1 amide bonds. The number of nitrogens with zero attached hydrogens (tertiary/aromatic N) is 2. The molecule has 0 aliphatic rings. The number of benzene rings is 2. The summed E-state index contributed by atoms with van der Waals surface area (Å²) in [6.45, 7) is 0.938. The third-order valence-electron chi connectivity index (χ3n) is 6.12. The van der Waals surface area contributed by atoms with Gasteiger partial charge in [-0.05, 0) is 35.4 Å². The summed E-state index contributed by atoms with van der Waals surface area (Å²) < 4.78 is 37.6. The van der Waals surface area contributed by atoms with Crippen molar-refractivity contribution in [2.75, 3.05) is 11.9 Å². The van der Waals surface area contributed by atoms with E-state index in [1.54, 1.807) is 37.5 Å². The number of nitrogens with one attached hydrogen (secondary N) is 2. The number of carboxylic acids is 1. The maximum absolute atomic E-state index is 12.6.